The highest BCUT2D eigenvalue weighted by Gasteiger charge is 2.31. The van der Waals surface area contributed by atoms with E-state index in [0.29, 0.717) is 30.2 Å². The van der Waals surface area contributed by atoms with E-state index in [1.165, 1.54) is 12.3 Å². The van der Waals surface area contributed by atoms with E-state index >= 15 is 0 Å². The molecule has 8 heteroatoms. The Labute approximate surface area is 171 Å². The molecule has 2 aromatic heterocycles. The first-order chi connectivity index (χ1) is 14.3. The number of halogens is 3. The van der Waals surface area contributed by atoms with Crippen molar-refractivity contribution in [1.82, 2.24) is 14.9 Å². The average Bonchev–Trinajstić information content (AvgIpc) is 3.19. The van der Waals surface area contributed by atoms with Crippen LogP contribution in [0.2, 0.25) is 0 Å². The van der Waals surface area contributed by atoms with Crippen LogP contribution in [0.3, 0.4) is 0 Å². The number of pyridine rings is 1. The molecule has 0 aliphatic carbocycles. The number of nitrogens with zero attached hydrogens (tertiary/aromatic N) is 3. The third-order valence-corrected chi connectivity index (χ3v) is 5.22. The zero-order chi connectivity index (χ0) is 21.3. The number of carbonyl (C=O) groups excluding carboxylic acids is 1. The molecule has 4 rings (SSSR count). The normalized spacial score (nSPS) is 17.2. The van der Waals surface area contributed by atoms with Gasteiger partial charge in [-0.3, -0.25) is 9.78 Å². The third-order valence-electron chi connectivity index (χ3n) is 5.22. The summed E-state index contributed by atoms with van der Waals surface area (Å²) >= 11 is 0. The molecule has 0 saturated carbocycles. The summed E-state index contributed by atoms with van der Waals surface area (Å²) in [4.78, 5) is 23.1. The van der Waals surface area contributed by atoms with Crippen LogP contribution in [-0.4, -0.2) is 33.9 Å². The van der Waals surface area contributed by atoms with Crippen LogP contribution in [-0.2, 0) is 6.18 Å². The summed E-state index contributed by atoms with van der Waals surface area (Å²) in [6.45, 7) is 2.78. The molecule has 0 unspecified atom stereocenters. The molecular formula is C22H20F3N3O2. The van der Waals surface area contributed by atoms with Crippen molar-refractivity contribution in [3.63, 3.8) is 0 Å². The number of hydrogen-bond donors (Lipinski definition) is 0. The highest BCUT2D eigenvalue weighted by molar-refractivity contribution is 5.92. The second-order valence-electron chi connectivity index (χ2n) is 7.37. The minimum Gasteiger partial charge on any atom is -0.448 e. The van der Waals surface area contributed by atoms with Crippen molar-refractivity contribution >= 4 is 5.91 Å². The average molecular weight is 415 g/mol. The monoisotopic (exact) mass is 415 g/mol. The Morgan fingerprint density at radius 3 is 2.70 bits per heavy atom. The van der Waals surface area contributed by atoms with E-state index < -0.39 is 11.7 Å². The van der Waals surface area contributed by atoms with Crippen LogP contribution in [0.4, 0.5) is 13.2 Å². The van der Waals surface area contributed by atoms with Crippen LogP contribution < -0.4 is 0 Å². The van der Waals surface area contributed by atoms with Crippen LogP contribution in [0.5, 0.6) is 0 Å². The predicted molar refractivity (Wildman–Crippen MR) is 104 cm³/mol. The van der Waals surface area contributed by atoms with Gasteiger partial charge >= 0.3 is 6.18 Å². The first-order valence-corrected chi connectivity index (χ1v) is 9.67. The molecule has 1 aliphatic rings. The first-order valence-electron chi connectivity index (χ1n) is 9.67. The molecule has 1 atom stereocenters. The zero-order valence-electron chi connectivity index (χ0n) is 16.3. The van der Waals surface area contributed by atoms with Gasteiger partial charge in [0, 0.05) is 37.2 Å². The number of hydrogen-bond acceptors (Lipinski definition) is 4. The Bertz CT molecular complexity index is 1060. The van der Waals surface area contributed by atoms with Crippen molar-refractivity contribution in [2.75, 3.05) is 13.1 Å². The number of rotatable bonds is 3. The SMILES string of the molecule is Cc1nc(C(=O)N2CCC[C@@H](c3cccc(-c4cccc(C(F)(F)F)c4)n3)C2)co1. The van der Waals surface area contributed by atoms with Gasteiger partial charge in [0.2, 0.25) is 0 Å². The Morgan fingerprint density at radius 2 is 1.97 bits per heavy atom. The number of alkyl halides is 3. The molecule has 156 valence electrons. The van der Waals surface area contributed by atoms with E-state index in [2.05, 4.69) is 9.97 Å². The molecule has 30 heavy (non-hydrogen) atoms. The summed E-state index contributed by atoms with van der Waals surface area (Å²) in [6, 6.07) is 10.5. The molecule has 0 N–H and O–H groups in total. The van der Waals surface area contributed by atoms with E-state index in [1.54, 1.807) is 30.0 Å². The minimum absolute atomic E-state index is 0.00134. The summed E-state index contributed by atoms with van der Waals surface area (Å²) in [7, 11) is 0. The van der Waals surface area contributed by atoms with Crippen molar-refractivity contribution in [3.8, 4) is 11.3 Å². The van der Waals surface area contributed by atoms with E-state index in [1.807, 2.05) is 6.07 Å². The summed E-state index contributed by atoms with van der Waals surface area (Å²) in [6.07, 6.45) is -1.39. The molecular weight excluding hydrogens is 395 g/mol. The lowest BCUT2D eigenvalue weighted by Crippen LogP contribution is -2.39. The van der Waals surface area contributed by atoms with Gasteiger partial charge in [0.15, 0.2) is 11.6 Å². The Kier molecular flexibility index (Phi) is 5.32. The maximum absolute atomic E-state index is 13.0. The van der Waals surface area contributed by atoms with Crippen LogP contribution in [0.1, 0.15) is 46.4 Å². The highest BCUT2D eigenvalue weighted by atomic mass is 19.4. The maximum Gasteiger partial charge on any atom is 0.416 e. The van der Waals surface area contributed by atoms with Gasteiger partial charge in [0.25, 0.3) is 5.91 Å². The molecule has 1 aliphatic heterocycles. The molecule has 0 radical (unpaired) electrons. The quantitative estimate of drug-likeness (QED) is 0.598. The summed E-state index contributed by atoms with van der Waals surface area (Å²) in [5, 5.41) is 0. The molecule has 1 saturated heterocycles. The molecule has 1 aromatic carbocycles. The van der Waals surface area contributed by atoms with Crippen LogP contribution >= 0.6 is 0 Å². The second-order valence-corrected chi connectivity index (χ2v) is 7.37. The number of oxazole rings is 1. The van der Waals surface area contributed by atoms with Crippen molar-refractivity contribution in [1.29, 1.82) is 0 Å². The largest absolute Gasteiger partial charge is 0.448 e. The zero-order valence-corrected chi connectivity index (χ0v) is 16.3. The van der Waals surface area contributed by atoms with Crippen molar-refractivity contribution < 1.29 is 22.4 Å². The maximum atomic E-state index is 13.0. The number of carbonyl (C=O) groups is 1. The summed E-state index contributed by atoms with van der Waals surface area (Å²) < 4.78 is 44.3. The van der Waals surface area contributed by atoms with Crippen LogP contribution in [0, 0.1) is 6.92 Å². The van der Waals surface area contributed by atoms with Gasteiger partial charge in [-0.05, 0) is 37.1 Å². The molecule has 3 aromatic rings. The van der Waals surface area contributed by atoms with Gasteiger partial charge in [0.05, 0.1) is 11.3 Å². The number of amides is 1. The molecule has 1 amide bonds. The third kappa shape index (κ3) is 4.22. The van der Waals surface area contributed by atoms with Crippen molar-refractivity contribution in [2.45, 2.75) is 31.9 Å². The van der Waals surface area contributed by atoms with Gasteiger partial charge in [-0.1, -0.05) is 18.2 Å². The predicted octanol–water partition coefficient (Wildman–Crippen LogP) is 5.08. The molecule has 0 spiro atoms. The fourth-order valence-electron chi connectivity index (χ4n) is 3.72. The van der Waals surface area contributed by atoms with Gasteiger partial charge in [-0.15, -0.1) is 0 Å². The highest BCUT2D eigenvalue weighted by Crippen LogP contribution is 2.33. The van der Waals surface area contributed by atoms with Crippen LogP contribution in [0.25, 0.3) is 11.3 Å². The van der Waals surface area contributed by atoms with E-state index in [4.69, 9.17) is 4.42 Å². The molecule has 0 bridgehead atoms. The minimum atomic E-state index is -4.41. The smallest absolute Gasteiger partial charge is 0.416 e. The Hall–Kier alpha value is -3.16. The first kappa shape index (κ1) is 20.1. The van der Waals surface area contributed by atoms with Gasteiger partial charge in [-0.25, -0.2) is 4.98 Å². The lowest BCUT2D eigenvalue weighted by atomic mass is 9.93. The van der Waals surface area contributed by atoms with Gasteiger partial charge in [-0.2, -0.15) is 13.2 Å². The van der Waals surface area contributed by atoms with Gasteiger partial charge in [0.1, 0.15) is 6.26 Å². The number of aromatic nitrogens is 2. The lowest BCUT2D eigenvalue weighted by molar-refractivity contribution is -0.137. The number of piperidine rings is 1. The fraction of sp³-hybridized carbons (Fsp3) is 0.318. The van der Waals surface area contributed by atoms with E-state index in [-0.39, 0.29) is 17.5 Å². The molecule has 5 nitrogen and oxygen atoms in total. The standard InChI is InChI=1S/C22H20F3N3O2/c1-14-26-20(13-30-14)21(29)28-10-4-6-16(12-28)19-9-3-8-18(27-19)15-5-2-7-17(11-15)22(23,24)25/h2-3,5,7-9,11,13,16H,4,6,10,12H2,1H3/t16-/m1/s1. The van der Waals surface area contributed by atoms with Crippen molar-refractivity contribution in [2.24, 2.45) is 0 Å². The topological polar surface area (TPSA) is 59.2 Å². The molecule has 3 heterocycles. The fourth-order valence-corrected chi connectivity index (χ4v) is 3.72. The Morgan fingerprint density at radius 1 is 1.17 bits per heavy atom. The van der Waals surface area contributed by atoms with E-state index in [9.17, 15) is 18.0 Å². The number of benzene rings is 1. The molecule has 1 fully saturated rings. The number of aryl methyl sites for hydroxylation is 1. The van der Waals surface area contributed by atoms with Crippen molar-refractivity contribution in [3.05, 3.63) is 71.6 Å². The van der Waals surface area contributed by atoms with Gasteiger partial charge < -0.3 is 9.32 Å². The Balaban J connectivity index is 1.56. The summed E-state index contributed by atoms with van der Waals surface area (Å²) in [5.41, 5.74) is 1.23. The second kappa shape index (κ2) is 7.93. The summed E-state index contributed by atoms with van der Waals surface area (Å²) in [5.74, 6) is 0.245. The van der Waals surface area contributed by atoms with Crippen LogP contribution in [0.15, 0.2) is 53.1 Å². The lowest BCUT2D eigenvalue weighted by Gasteiger charge is -2.32. The number of likely N-dealkylation sites (tertiary alicyclic amines) is 1. The van der Waals surface area contributed by atoms with E-state index in [0.717, 1.165) is 30.7 Å².